The van der Waals surface area contributed by atoms with Crippen molar-refractivity contribution in [1.29, 1.82) is 0 Å². The molecule has 30 heavy (non-hydrogen) atoms. The minimum absolute atomic E-state index is 0.0969. The van der Waals surface area contributed by atoms with Gasteiger partial charge in [-0.15, -0.1) is 0 Å². The van der Waals surface area contributed by atoms with Gasteiger partial charge in [0.15, 0.2) is 15.5 Å². The van der Waals surface area contributed by atoms with Gasteiger partial charge in [0.1, 0.15) is 16.3 Å². The molecule has 8 nitrogen and oxygen atoms in total. The minimum atomic E-state index is -0.335. The number of H-pyrrole nitrogens is 1. The number of fused-ring (bicyclic) bond motifs is 4. The molecule has 0 radical (unpaired) electrons. The van der Waals surface area contributed by atoms with E-state index in [1.165, 1.54) is 0 Å². The van der Waals surface area contributed by atoms with Gasteiger partial charge in [-0.25, -0.2) is 0 Å². The lowest BCUT2D eigenvalue weighted by Gasteiger charge is -2.07. The Hall–Kier alpha value is -3.37. The van der Waals surface area contributed by atoms with Crippen molar-refractivity contribution in [3.8, 4) is 17.2 Å². The molecule has 2 aromatic heterocycles. The molecule has 2 N–H and O–H groups in total. The van der Waals surface area contributed by atoms with E-state index in [0.29, 0.717) is 49.2 Å². The monoisotopic (exact) mass is 441 g/mol. The van der Waals surface area contributed by atoms with Crippen molar-refractivity contribution in [1.82, 2.24) is 14.7 Å². The van der Waals surface area contributed by atoms with Gasteiger partial charge in [0, 0.05) is 12.6 Å². The third-order valence-electron chi connectivity index (χ3n) is 4.81. The van der Waals surface area contributed by atoms with Crippen LogP contribution in [0.5, 0.6) is 17.2 Å². The molecule has 1 amide bonds. The van der Waals surface area contributed by atoms with Crippen molar-refractivity contribution in [3.05, 3.63) is 61.1 Å². The maximum absolute atomic E-state index is 12.9. The molecule has 0 saturated carbocycles. The van der Waals surface area contributed by atoms with E-state index in [-0.39, 0.29) is 18.3 Å². The quantitative estimate of drug-likeness (QED) is 0.472. The summed E-state index contributed by atoms with van der Waals surface area (Å²) in [7, 11) is 1.59. The molecule has 0 spiro atoms. The molecule has 2 aromatic carbocycles. The van der Waals surface area contributed by atoms with Crippen molar-refractivity contribution in [2.75, 3.05) is 13.9 Å². The second-order valence-corrected chi connectivity index (χ2v) is 8.24. The summed E-state index contributed by atoms with van der Waals surface area (Å²) in [5.41, 5.74) is 1.47. The molecule has 0 atom stereocenters. The number of thiazole rings is 1. The van der Waals surface area contributed by atoms with Crippen LogP contribution in [0.1, 0.15) is 15.2 Å². The van der Waals surface area contributed by atoms with Crippen LogP contribution >= 0.6 is 23.6 Å². The van der Waals surface area contributed by atoms with Crippen LogP contribution in [-0.2, 0) is 6.54 Å². The number of rotatable bonds is 4. The number of nitrogens with zero attached hydrogens (tertiary/aromatic N) is 1. The Balaban J connectivity index is 1.56. The lowest BCUT2D eigenvalue weighted by molar-refractivity contribution is 0.0956. The van der Waals surface area contributed by atoms with Crippen LogP contribution in [0.25, 0.3) is 16.6 Å². The number of hydrogen-bond donors (Lipinski definition) is 2. The molecule has 3 heterocycles. The van der Waals surface area contributed by atoms with Crippen molar-refractivity contribution in [2.24, 2.45) is 0 Å². The zero-order valence-corrected chi connectivity index (χ0v) is 17.3. The van der Waals surface area contributed by atoms with E-state index in [1.54, 1.807) is 23.6 Å². The molecule has 10 heteroatoms. The molecule has 0 unspecified atom stereocenters. The highest BCUT2D eigenvalue weighted by Gasteiger charge is 2.21. The first-order chi connectivity index (χ1) is 14.5. The molecule has 0 aliphatic carbocycles. The minimum Gasteiger partial charge on any atom is -0.497 e. The number of amides is 1. The first-order valence-corrected chi connectivity index (χ1v) is 10.2. The molecule has 1 aliphatic rings. The molecule has 0 bridgehead atoms. The molecule has 1 aliphatic heterocycles. The Labute approximate surface area is 178 Å². The molecule has 5 rings (SSSR count). The third kappa shape index (κ3) is 3.01. The zero-order chi connectivity index (χ0) is 20.8. The summed E-state index contributed by atoms with van der Waals surface area (Å²) in [6.07, 6.45) is 0. The number of carbonyl (C=O) groups excluding carboxylic acids is 1. The van der Waals surface area contributed by atoms with Gasteiger partial charge in [0.2, 0.25) is 6.79 Å². The number of ether oxygens (including phenoxy) is 3. The van der Waals surface area contributed by atoms with E-state index in [2.05, 4.69) is 10.3 Å². The van der Waals surface area contributed by atoms with Gasteiger partial charge in [-0.1, -0.05) is 23.5 Å². The van der Waals surface area contributed by atoms with E-state index >= 15 is 0 Å². The van der Waals surface area contributed by atoms with Crippen molar-refractivity contribution < 1.29 is 19.0 Å². The summed E-state index contributed by atoms with van der Waals surface area (Å²) in [4.78, 5) is 28.7. The smallest absolute Gasteiger partial charge is 0.265 e. The molecule has 0 saturated heterocycles. The third-order valence-corrected chi connectivity index (χ3v) is 6.19. The number of nitrogens with one attached hydrogen (secondary N) is 2. The number of aromatic amines is 1. The Morgan fingerprint density at radius 3 is 2.90 bits per heavy atom. The number of carbonyl (C=O) groups is 1. The van der Waals surface area contributed by atoms with E-state index < -0.39 is 0 Å². The predicted molar refractivity (Wildman–Crippen MR) is 115 cm³/mol. The number of hydrogen-bond acceptors (Lipinski definition) is 7. The molecule has 152 valence electrons. The fourth-order valence-corrected chi connectivity index (χ4v) is 4.68. The van der Waals surface area contributed by atoms with Gasteiger partial charge in [-0.2, -0.15) is 0 Å². The topological polar surface area (TPSA) is 94.1 Å². The fourth-order valence-electron chi connectivity index (χ4n) is 3.38. The summed E-state index contributed by atoms with van der Waals surface area (Å²) in [5, 5.41) is 3.28. The molecule has 4 aromatic rings. The SMILES string of the molecule is COc1cccc(CNC(=O)c2sc(=S)n3c2[nH]c(=O)c2cc4c(cc23)OCO4)c1. The molecule has 0 fully saturated rings. The Morgan fingerprint density at radius 1 is 1.30 bits per heavy atom. The van der Waals surface area contributed by atoms with Crippen LogP contribution in [0, 0.1) is 3.95 Å². The van der Waals surface area contributed by atoms with Crippen molar-refractivity contribution >= 4 is 46.0 Å². The molecular weight excluding hydrogens is 426 g/mol. The van der Waals surface area contributed by atoms with Gasteiger partial charge >= 0.3 is 0 Å². The zero-order valence-electron chi connectivity index (χ0n) is 15.7. The van der Waals surface area contributed by atoms with Crippen molar-refractivity contribution in [2.45, 2.75) is 6.54 Å². The first kappa shape index (κ1) is 18.6. The number of aromatic nitrogens is 2. The Bertz CT molecular complexity index is 1440. The highest BCUT2D eigenvalue weighted by Crippen LogP contribution is 2.36. The van der Waals surface area contributed by atoms with Crippen LogP contribution in [0.4, 0.5) is 0 Å². The average molecular weight is 441 g/mol. The summed E-state index contributed by atoms with van der Waals surface area (Å²) in [6.45, 7) is 0.406. The summed E-state index contributed by atoms with van der Waals surface area (Å²) in [5.74, 6) is 1.42. The normalized spacial score (nSPS) is 12.4. The van der Waals surface area contributed by atoms with Crippen molar-refractivity contribution in [3.63, 3.8) is 0 Å². The number of methoxy groups -OCH3 is 1. The highest BCUT2D eigenvalue weighted by atomic mass is 32.1. The standard InChI is InChI=1S/C20H15N3O5S2/c1-26-11-4-2-3-10(5-11)8-21-19(25)16-17-22-18(24)12-6-14-15(28-9-27-14)7-13(12)23(17)20(29)30-16/h2-7H,8-9H2,1H3,(H,21,25)(H,22,24). The van der Waals surface area contributed by atoms with Gasteiger partial charge < -0.3 is 24.5 Å². The van der Waals surface area contributed by atoms with Gasteiger partial charge in [0.25, 0.3) is 11.5 Å². The largest absolute Gasteiger partial charge is 0.497 e. The second-order valence-electron chi connectivity index (χ2n) is 6.59. The van der Waals surface area contributed by atoms with E-state index in [1.807, 2.05) is 24.3 Å². The maximum Gasteiger partial charge on any atom is 0.265 e. The van der Waals surface area contributed by atoms with Gasteiger partial charge in [-0.05, 0) is 36.0 Å². The van der Waals surface area contributed by atoms with Crippen LogP contribution in [-0.4, -0.2) is 29.2 Å². The summed E-state index contributed by atoms with van der Waals surface area (Å²) >= 11 is 6.63. The van der Waals surface area contributed by atoms with Crippen LogP contribution in [0.2, 0.25) is 0 Å². The maximum atomic E-state index is 12.9. The second kappa shape index (κ2) is 7.15. The Kier molecular flexibility index (Phi) is 4.44. The molecular formula is C20H15N3O5S2. The predicted octanol–water partition coefficient (Wildman–Crippen LogP) is 3.24. The van der Waals surface area contributed by atoms with E-state index in [4.69, 9.17) is 26.4 Å². The highest BCUT2D eigenvalue weighted by molar-refractivity contribution is 7.73. The van der Waals surface area contributed by atoms with E-state index in [0.717, 1.165) is 16.9 Å². The summed E-state index contributed by atoms with van der Waals surface area (Å²) in [6, 6.07) is 10.8. The number of benzene rings is 2. The lowest BCUT2D eigenvalue weighted by atomic mass is 10.2. The van der Waals surface area contributed by atoms with Gasteiger partial charge in [-0.3, -0.25) is 14.0 Å². The van der Waals surface area contributed by atoms with Gasteiger partial charge in [0.05, 0.1) is 18.0 Å². The van der Waals surface area contributed by atoms with Crippen LogP contribution in [0.15, 0.2) is 41.2 Å². The summed E-state index contributed by atoms with van der Waals surface area (Å²) < 4.78 is 18.1. The van der Waals surface area contributed by atoms with E-state index in [9.17, 15) is 9.59 Å². The van der Waals surface area contributed by atoms with Crippen LogP contribution in [0.3, 0.4) is 0 Å². The Morgan fingerprint density at radius 2 is 2.10 bits per heavy atom. The first-order valence-electron chi connectivity index (χ1n) is 8.97. The fraction of sp³-hybridized carbons (Fsp3) is 0.150. The lowest BCUT2D eigenvalue weighted by Crippen LogP contribution is -2.23. The average Bonchev–Trinajstić information content (AvgIpc) is 3.34. The van der Waals surface area contributed by atoms with Crippen LogP contribution < -0.4 is 25.1 Å².